The minimum absolute atomic E-state index is 0.237. The normalized spacial score (nSPS) is 11.7. The van der Waals surface area contributed by atoms with E-state index in [1.54, 1.807) is 11.3 Å². The summed E-state index contributed by atoms with van der Waals surface area (Å²) in [5.74, 6) is -1.27. The Balaban J connectivity index is 2.14. The van der Waals surface area contributed by atoms with Gasteiger partial charge >= 0.3 is 6.18 Å². The molecule has 1 aromatic heterocycles. The van der Waals surface area contributed by atoms with Crippen LogP contribution in [-0.2, 0) is 12.7 Å². The third kappa shape index (κ3) is 3.52. The summed E-state index contributed by atoms with van der Waals surface area (Å²) in [7, 11) is 0. The molecule has 0 spiro atoms. The van der Waals surface area contributed by atoms with Gasteiger partial charge in [0.2, 0.25) is 0 Å². The highest BCUT2D eigenvalue weighted by atomic mass is 79.9. The fraction of sp³-hybridized carbons (Fsp3) is 0.231. The van der Waals surface area contributed by atoms with E-state index in [0.717, 1.165) is 26.4 Å². The van der Waals surface area contributed by atoms with Gasteiger partial charge in [0.05, 0.1) is 5.56 Å². The zero-order valence-corrected chi connectivity index (χ0v) is 12.7. The average molecular weight is 368 g/mol. The molecule has 1 aromatic carbocycles. The molecule has 0 saturated heterocycles. The second-order valence-electron chi connectivity index (χ2n) is 4.16. The van der Waals surface area contributed by atoms with Gasteiger partial charge < -0.3 is 5.32 Å². The number of rotatable bonds is 3. The zero-order valence-electron chi connectivity index (χ0n) is 10.3. The zero-order chi connectivity index (χ0) is 14.9. The maximum absolute atomic E-state index is 13.1. The highest BCUT2D eigenvalue weighted by molar-refractivity contribution is 9.10. The topological polar surface area (TPSA) is 12.0 Å². The predicted octanol–water partition coefficient (Wildman–Crippen LogP) is 5.59. The lowest BCUT2D eigenvalue weighted by atomic mass is 10.2. The van der Waals surface area contributed by atoms with Gasteiger partial charge in [-0.05, 0) is 47.1 Å². The SMILES string of the molecule is Cc1sc(CNc2ccc(F)c(C(F)(F)F)c2)cc1Br. The minimum Gasteiger partial charge on any atom is -0.380 e. The van der Waals surface area contributed by atoms with E-state index in [1.165, 1.54) is 6.07 Å². The Hall–Kier alpha value is -1.08. The first-order chi connectivity index (χ1) is 9.27. The monoisotopic (exact) mass is 367 g/mol. The maximum Gasteiger partial charge on any atom is 0.419 e. The van der Waals surface area contributed by atoms with Crippen LogP contribution < -0.4 is 5.32 Å². The number of benzene rings is 1. The van der Waals surface area contributed by atoms with Gasteiger partial charge in [-0.2, -0.15) is 13.2 Å². The van der Waals surface area contributed by atoms with Crippen LogP contribution in [0.2, 0.25) is 0 Å². The van der Waals surface area contributed by atoms with E-state index in [2.05, 4.69) is 21.2 Å². The number of hydrogen-bond donors (Lipinski definition) is 1. The molecule has 1 N–H and O–H groups in total. The van der Waals surface area contributed by atoms with E-state index in [0.29, 0.717) is 6.54 Å². The number of thiophene rings is 1. The van der Waals surface area contributed by atoms with E-state index < -0.39 is 17.6 Å². The number of anilines is 1. The molecule has 0 bridgehead atoms. The molecule has 0 aliphatic heterocycles. The van der Waals surface area contributed by atoms with Crippen molar-refractivity contribution >= 4 is 33.0 Å². The third-order valence-corrected chi connectivity index (χ3v) is 4.78. The minimum atomic E-state index is -4.69. The lowest BCUT2D eigenvalue weighted by molar-refractivity contribution is -0.139. The van der Waals surface area contributed by atoms with Crippen molar-refractivity contribution in [1.29, 1.82) is 0 Å². The Morgan fingerprint density at radius 3 is 2.50 bits per heavy atom. The van der Waals surface area contributed by atoms with Crippen LogP contribution in [0.1, 0.15) is 15.3 Å². The predicted molar refractivity (Wildman–Crippen MR) is 75.5 cm³/mol. The summed E-state index contributed by atoms with van der Waals surface area (Å²) in [6.45, 7) is 2.33. The number of alkyl halides is 3. The molecule has 1 nitrogen and oxygen atoms in total. The van der Waals surface area contributed by atoms with Crippen molar-refractivity contribution in [2.75, 3.05) is 5.32 Å². The second kappa shape index (κ2) is 5.73. The smallest absolute Gasteiger partial charge is 0.380 e. The number of halogens is 5. The lowest BCUT2D eigenvalue weighted by Gasteiger charge is -2.11. The van der Waals surface area contributed by atoms with Crippen LogP contribution in [0.5, 0.6) is 0 Å². The van der Waals surface area contributed by atoms with Crippen molar-refractivity contribution in [3.05, 3.63) is 49.9 Å². The summed E-state index contributed by atoms with van der Waals surface area (Å²) in [5, 5.41) is 2.86. The standard InChI is InChI=1S/C13H10BrF4NS/c1-7-11(14)5-9(20-7)6-19-8-2-3-12(15)10(4-8)13(16,17)18/h2-5,19H,6H2,1H3. The molecule has 0 unspecified atom stereocenters. The summed E-state index contributed by atoms with van der Waals surface area (Å²) in [6, 6.07) is 4.80. The summed E-state index contributed by atoms with van der Waals surface area (Å²) in [6.07, 6.45) is -4.69. The number of aryl methyl sites for hydroxylation is 1. The highest BCUT2D eigenvalue weighted by Gasteiger charge is 2.34. The molecule has 0 atom stereocenters. The van der Waals surface area contributed by atoms with Crippen molar-refractivity contribution in [3.8, 4) is 0 Å². The molecule has 0 aliphatic carbocycles. The van der Waals surface area contributed by atoms with Crippen LogP contribution in [0.4, 0.5) is 23.2 Å². The van der Waals surface area contributed by atoms with E-state index in [-0.39, 0.29) is 5.69 Å². The fourth-order valence-electron chi connectivity index (χ4n) is 1.65. The van der Waals surface area contributed by atoms with Gasteiger partial charge in [-0.15, -0.1) is 11.3 Å². The summed E-state index contributed by atoms with van der Waals surface area (Å²) < 4.78 is 51.8. The van der Waals surface area contributed by atoms with Crippen LogP contribution in [0.15, 0.2) is 28.7 Å². The van der Waals surface area contributed by atoms with Gasteiger partial charge in [0, 0.05) is 26.5 Å². The molecular weight excluding hydrogens is 358 g/mol. The summed E-state index contributed by atoms with van der Waals surface area (Å²) in [5.41, 5.74) is -1.02. The summed E-state index contributed by atoms with van der Waals surface area (Å²) >= 11 is 4.91. The Labute approximate surface area is 125 Å². The molecule has 7 heteroatoms. The molecule has 0 saturated carbocycles. The molecule has 20 heavy (non-hydrogen) atoms. The van der Waals surface area contributed by atoms with Gasteiger partial charge in [-0.25, -0.2) is 4.39 Å². The average Bonchev–Trinajstić information content (AvgIpc) is 2.66. The van der Waals surface area contributed by atoms with Crippen molar-refractivity contribution < 1.29 is 17.6 Å². The fourth-order valence-corrected chi connectivity index (χ4v) is 3.19. The Kier molecular flexibility index (Phi) is 4.39. The van der Waals surface area contributed by atoms with Crippen LogP contribution in [0.25, 0.3) is 0 Å². The summed E-state index contributed by atoms with van der Waals surface area (Å²) in [4.78, 5) is 2.07. The van der Waals surface area contributed by atoms with E-state index in [9.17, 15) is 17.6 Å². The molecule has 0 amide bonds. The van der Waals surface area contributed by atoms with E-state index in [4.69, 9.17) is 0 Å². The van der Waals surface area contributed by atoms with Gasteiger partial charge in [0.15, 0.2) is 0 Å². The molecule has 2 rings (SSSR count). The van der Waals surface area contributed by atoms with Gasteiger partial charge in [0.1, 0.15) is 5.82 Å². The molecule has 2 aromatic rings. The Morgan fingerprint density at radius 2 is 1.95 bits per heavy atom. The number of nitrogens with one attached hydrogen (secondary N) is 1. The van der Waals surface area contributed by atoms with Crippen LogP contribution in [0, 0.1) is 12.7 Å². The van der Waals surface area contributed by atoms with Gasteiger partial charge in [-0.3, -0.25) is 0 Å². The van der Waals surface area contributed by atoms with E-state index in [1.807, 2.05) is 13.0 Å². The quantitative estimate of drug-likeness (QED) is 0.697. The molecule has 0 fully saturated rings. The first kappa shape index (κ1) is 15.3. The van der Waals surface area contributed by atoms with Gasteiger partial charge in [0.25, 0.3) is 0 Å². The molecule has 0 radical (unpaired) electrons. The molecule has 0 aliphatic rings. The highest BCUT2D eigenvalue weighted by Crippen LogP contribution is 2.33. The first-order valence-corrected chi connectivity index (χ1v) is 7.24. The lowest BCUT2D eigenvalue weighted by Crippen LogP contribution is -2.09. The van der Waals surface area contributed by atoms with Crippen LogP contribution >= 0.6 is 27.3 Å². The Bertz CT molecular complexity index is 602. The molecule has 1 heterocycles. The van der Waals surface area contributed by atoms with Crippen molar-refractivity contribution in [2.24, 2.45) is 0 Å². The number of hydrogen-bond acceptors (Lipinski definition) is 2. The third-order valence-electron chi connectivity index (χ3n) is 2.65. The van der Waals surface area contributed by atoms with Crippen molar-refractivity contribution in [3.63, 3.8) is 0 Å². The van der Waals surface area contributed by atoms with E-state index >= 15 is 0 Å². The molecular formula is C13H10BrF4NS. The van der Waals surface area contributed by atoms with Crippen molar-refractivity contribution in [1.82, 2.24) is 0 Å². The van der Waals surface area contributed by atoms with Gasteiger partial charge in [-0.1, -0.05) is 0 Å². The first-order valence-electron chi connectivity index (χ1n) is 5.63. The van der Waals surface area contributed by atoms with Crippen molar-refractivity contribution in [2.45, 2.75) is 19.6 Å². The van der Waals surface area contributed by atoms with Crippen LogP contribution in [0.3, 0.4) is 0 Å². The maximum atomic E-state index is 13.1. The second-order valence-corrected chi connectivity index (χ2v) is 6.36. The molecule has 108 valence electrons. The Morgan fingerprint density at radius 1 is 1.25 bits per heavy atom. The largest absolute Gasteiger partial charge is 0.419 e. The van der Waals surface area contributed by atoms with Crippen LogP contribution in [-0.4, -0.2) is 0 Å².